The Balaban J connectivity index is 1.36. The zero-order valence-corrected chi connectivity index (χ0v) is 20.9. The van der Waals surface area contributed by atoms with Crippen LogP contribution in [0.3, 0.4) is 0 Å². The first-order valence-electron chi connectivity index (χ1n) is 12.8. The zero-order chi connectivity index (χ0) is 25.9. The SMILES string of the molecule is COc1ccc(C2C(C(=O)N3CCC(C(=O)O)CC3)OC(=O)N2C2CCN(c3ccncc3)CC2)cc1. The van der Waals surface area contributed by atoms with Crippen LogP contribution in [0.25, 0.3) is 0 Å². The van der Waals surface area contributed by atoms with E-state index in [9.17, 15) is 19.5 Å². The van der Waals surface area contributed by atoms with Crippen LogP contribution in [0.5, 0.6) is 5.75 Å². The van der Waals surface area contributed by atoms with Gasteiger partial charge in [0.25, 0.3) is 5.91 Å². The quantitative estimate of drug-likeness (QED) is 0.634. The number of methoxy groups -OCH3 is 1. The maximum atomic E-state index is 13.6. The Morgan fingerprint density at radius 3 is 2.22 bits per heavy atom. The molecular weight excluding hydrogens is 476 g/mol. The molecule has 0 bridgehead atoms. The minimum absolute atomic E-state index is 0.0757. The predicted molar refractivity (Wildman–Crippen MR) is 134 cm³/mol. The molecule has 4 heterocycles. The number of carbonyl (C=O) groups excluding carboxylic acids is 2. The van der Waals surface area contributed by atoms with Gasteiger partial charge in [-0.25, -0.2) is 4.79 Å². The van der Waals surface area contributed by atoms with E-state index < -0.39 is 30.1 Å². The topological polar surface area (TPSA) is 113 Å². The van der Waals surface area contributed by atoms with Crippen LogP contribution < -0.4 is 9.64 Å². The molecule has 2 aromatic rings. The summed E-state index contributed by atoms with van der Waals surface area (Å²) in [5.41, 5.74) is 1.91. The Morgan fingerprint density at radius 1 is 0.973 bits per heavy atom. The molecule has 0 radical (unpaired) electrons. The number of pyridine rings is 1. The highest BCUT2D eigenvalue weighted by Gasteiger charge is 2.51. The van der Waals surface area contributed by atoms with Gasteiger partial charge in [0, 0.05) is 50.3 Å². The van der Waals surface area contributed by atoms with Gasteiger partial charge in [0.05, 0.1) is 13.0 Å². The molecule has 0 spiro atoms. The first kappa shape index (κ1) is 24.9. The molecule has 2 unspecified atom stereocenters. The number of carboxylic acids is 1. The number of aliphatic carboxylic acids is 1. The fourth-order valence-electron chi connectivity index (χ4n) is 5.68. The first-order valence-corrected chi connectivity index (χ1v) is 12.8. The van der Waals surface area contributed by atoms with Crippen molar-refractivity contribution in [3.8, 4) is 5.75 Å². The summed E-state index contributed by atoms with van der Waals surface area (Å²) in [5.74, 6) is -0.867. The average molecular weight is 509 g/mol. The molecule has 2 atom stereocenters. The second-order valence-electron chi connectivity index (χ2n) is 9.79. The summed E-state index contributed by atoms with van der Waals surface area (Å²) in [6, 6.07) is 10.7. The van der Waals surface area contributed by atoms with Crippen molar-refractivity contribution < 1.29 is 29.0 Å². The average Bonchev–Trinajstić information content (AvgIpc) is 3.30. The van der Waals surface area contributed by atoms with Gasteiger partial charge < -0.3 is 24.4 Å². The molecule has 0 aliphatic carbocycles. The summed E-state index contributed by atoms with van der Waals surface area (Å²) in [6.07, 6.45) is 4.35. The molecular formula is C27H32N4O6. The number of carbonyl (C=O) groups is 3. The van der Waals surface area contributed by atoms with Crippen molar-refractivity contribution in [3.05, 3.63) is 54.4 Å². The van der Waals surface area contributed by atoms with Crippen molar-refractivity contribution in [1.29, 1.82) is 0 Å². The predicted octanol–water partition coefficient (Wildman–Crippen LogP) is 2.94. The number of ether oxygens (including phenoxy) is 2. The number of likely N-dealkylation sites (tertiary alicyclic amines) is 1. The summed E-state index contributed by atoms with van der Waals surface area (Å²) in [4.78, 5) is 48.0. The van der Waals surface area contributed by atoms with Gasteiger partial charge in [0.1, 0.15) is 11.8 Å². The lowest BCUT2D eigenvalue weighted by atomic mass is 9.93. The van der Waals surface area contributed by atoms with E-state index >= 15 is 0 Å². The van der Waals surface area contributed by atoms with Gasteiger partial charge in [-0.15, -0.1) is 0 Å². The normalized spacial score (nSPS) is 23.2. The fourth-order valence-corrected chi connectivity index (χ4v) is 5.68. The molecule has 5 rings (SSSR count). The molecule has 10 nitrogen and oxygen atoms in total. The number of cyclic esters (lactones) is 1. The number of hydrogen-bond donors (Lipinski definition) is 1. The van der Waals surface area contributed by atoms with Gasteiger partial charge in [-0.3, -0.25) is 19.5 Å². The van der Waals surface area contributed by atoms with E-state index in [0.29, 0.717) is 31.7 Å². The monoisotopic (exact) mass is 508 g/mol. The van der Waals surface area contributed by atoms with Crippen LogP contribution in [0.2, 0.25) is 0 Å². The second kappa shape index (κ2) is 10.7. The standard InChI is InChI=1S/C27H32N4O6/c1-36-22-4-2-18(3-5-22)23-24(25(32)30-14-8-19(9-15-30)26(33)34)37-27(35)31(23)21-10-16-29(17-11-21)20-6-12-28-13-7-20/h2-7,12-13,19,21,23-24H,8-11,14-17H2,1H3,(H,33,34). The smallest absolute Gasteiger partial charge is 0.411 e. The molecule has 3 aliphatic heterocycles. The Morgan fingerprint density at radius 2 is 1.62 bits per heavy atom. The Kier molecular flexibility index (Phi) is 7.16. The summed E-state index contributed by atoms with van der Waals surface area (Å²) in [7, 11) is 1.59. The zero-order valence-electron chi connectivity index (χ0n) is 20.9. The fraction of sp³-hybridized carbons (Fsp3) is 0.481. The molecule has 3 fully saturated rings. The van der Waals surface area contributed by atoms with E-state index in [1.165, 1.54) is 0 Å². The van der Waals surface area contributed by atoms with Crippen molar-refractivity contribution in [1.82, 2.24) is 14.8 Å². The second-order valence-corrected chi connectivity index (χ2v) is 9.79. The molecule has 1 aromatic heterocycles. The Hall–Kier alpha value is -3.82. The number of aromatic nitrogens is 1. The summed E-state index contributed by atoms with van der Waals surface area (Å²) in [5, 5.41) is 9.32. The van der Waals surface area contributed by atoms with E-state index in [2.05, 4.69) is 9.88 Å². The Bertz CT molecular complexity index is 1110. The number of rotatable bonds is 6. The molecule has 37 heavy (non-hydrogen) atoms. The highest BCUT2D eigenvalue weighted by atomic mass is 16.6. The first-order chi connectivity index (χ1) is 18.0. The molecule has 1 N–H and O–H groups in total. The molecule has 3 saturated heterocycles. The van der Waals surface area contributed by atoms with Gasteiger partial charge in [0.2, 0.25) is 6.10 Å². The van der Waals surface area contributed by atoms with E-state index in [1.54, 1.807) is 29.3 Å². The number of benzene rings is 1. The van der Waals surface area contributed by atoms with E-state index in [4.69, 9.17) is 9.47 Å². The molecule has 3 aliphatic rings. The number of hydrogen-bond acceptors (Lipinski definition) is 7. The maximum Gasteiger partial charge on any atom is 0.411 e. The third-order valence-corrected chi connectivity index (χ3v) is 7.77. The highest BCUT2D eigenvalue weighted by Crippen LogP contribution is 2.39. The molecule has 10 heteroatoms. The third kappa shape index (κ3) is 5.05. The largest absolute Gasteiger partial charge is 0.497 e. The van der Waals surface area contributed by atoms with Crippen LogP contribution in [0.4, 0.5) is 10.5 Å². The summed E-state index contributed by atoms with van der Waals surface area (Å²) < 4.78 is 11.1. The lowest BCUT2D eigenvalue weighted by Crippen LogP contribution is -2.49. The minimum atomic E-state index is -0.986. The van der Waals surface area contributed by atoms with Crippen LogP contribution in [0, 0.1) is 5.92 Å². The number of anilines is 1. The summed E-state index contributed by atoms with van der Waals surface area (Å²) in [6.45, 7) is 2.22. The van der Waals surface area contributed by atoms with Crippen LogP contribution in [0.15, 0.2) is 48.8 Å². The third-order valence-electron chi connectivity index (χ3n) is 7.77. The highest BCUT2D eigenvalue weighted by molar-refractivity contribution is 5.88. The number of carboxylic acid groups (broad SMARTS) is 1. The van der Waals surface area contributed by atoms with Crippen LogP contribution >= 0.6 is 0 Å². The number of nitrogens with zero attached hydrogens (tertiary/aromatic N) is 4. The minimum Gasteiger partial charge on any atom is -0.497 e. The molecule has 1 aromatic carbocycles. The van der Waals surface area contributed by atoms with E-state index in [-0.39, 0.29) is 11.9 Å². The van der Waals surface area contributed by atoms with Crippen molar-refractivity contribution in [2.24, 2.45) is 5.92 Å². The van der Waals surface area contributed by atoms with Crippen LogP contribution in [-0.4, -0.2) is 83.3 Å². The van der Waals surface area contributed by atoms with Gasteiger partial charge in [-0.2, -0.15) is 0 Å². The molecule has 196 valence electrons. The Labute approximate surface area is 215 Å². The lowest BCUT2D eigenvalue weighted by Gasteiger charge is -2.39. The van der Waals surface area contributed by atoms with Gasteiger partial charge in [-0.05, 0) is 55.5 Å². The van der Waals surface area contributed by atoms with Gasteiger partial charge in [-0.1, -0.05) is 12.1 Å². The van der Waals surface area contributed by atoms with Crippen LogP contribution in [-0.2, 0) is 14.3 Å². The van der Waals surface area contributed by atoms with E-state index in [0.717, 1.165) is 37.2 Å². The molecule has 0 saturated carbocycles. The van der Waals surface area contributed by atoms with E-state index in [1.807, 2.05) is 36.4 Å². The number of amides is 2. The molecule has 2 amide bonds. The maximum absolute atomic E-state index is 13.6. The lowest BCUT2D eigenvalue weighted by molar-refractivity contribution is -0.148. The van der Waals surface area contributed by atoms with Crippen molar-refractivity contribution in [2.75, 3.05) is 38.2 Å². The van der Waals surface area contributed by atoms with Gasteiger partial charge >= 0.3 is 12.1 Å². The van der Waals surface area contributed by atoms with Crippen molar-refractivity contribution >= 4 is 23.7 Å². The van der Waals surface area contributed by atoms with Crippen molar-refractivity contribution in [3.63, 3.8) is 0 Å². The summed E-state index contributed by atoms with van der Waals surface area (Å²) >= 11 is 0. The van der Waals surface area contributed by atoms with Crippen molar-refractivity contribution in [2.45, 2.75) is 43.9 Å². The number of piperidine rings is 2. The van der Waals surface area contributed by atoms with Gasteiger partial charge in [0.15, 0.2) is 0 Å². The van der Waals surface area contributed by atoms with Crippen LogP contribution in [0.1, 0.15) is 37.3 Å².